The topological polar surface area (TPSA) is 84.3 Å². The number of sulfonamides is 1. The molecule has 5 rings (SSSR count). The number of nitrogens with one attached hydrogen (secondary N) is 1. The molecule has 0 saturated carbocycles. The van der Waals surface area contributed by atoms with Gasteiger partial charge in [0, 0.05) is 23.5 Å². The molecule has 0 aliphatic carbocycles. The van der Waals surface area contributed by atoms with E-state index >= 15 is 0 Å². The number of hydrogen-bond acceptors (Lipinski definition) is 4. The number of carbonyl (C=O) groups is 1. The summed E-state index contributed by atoms with van der Waals surface area (Å²) in [4.78, 5) is 16.9. The number of carbonyl (C=O) groups excluding carboxylic acids is 1. The average molecular weight is 436 g/mol. The lowest BCUT2D eigenvalue weighted by Crippen LogP contribution is -2.35. The second kappa shape index (κ2) is 6.92. The number of hydrogen-bond donors (Lipinski definition) is 1. The van der Waals surface area contributed by atoms with Crippen LogP contribution in [0.25, 0.3) is 16.5 Å². The van der Waals surface area contributed by atoms with Gasteiger partial charge in [0.05, 0.1) is 16.3 Å². The van der Waals surface area contributed by atoms with Crippen molar-refractivity contribution >= 4 is 38.1 Å². The zero-order valence-corrected chi connectivity index (χ0v) is 17.2. The Morgan fingerprint density at radius 2 is 1.87 bits per heavy atom. The number of benzene rings is 3. The second-order valence-electron chi connectivity index (χ2n) is 7.20. The van der Waals surface area contributed by atoms with Crippen molar-refractivity contribution in [3.8, 4) is 5.69 Å². The Morgan fingerprint density at radius 3 is 2.58 bits per heavy atom. The maximum atomic E-state index is 14.6. The molecule has 2 heterocycles. The summed E-state index contributed by atoms with van der Waals surface area (Å²) in [5.41, 5.74) is 0.994. The van der Waals surface area contributed by atoms with Crippen LogP contribution in [0.5, 0.6) is 0 Å². The standard InChI is InChI=1S/C22H17FN4O3S/c1-14-24-10-11-26(14)18-9-8-16(12-17(18)23)25-21(28)13-27-19-6-2-4-15-5-3-7-20(22(15)19)31(27,29)30/h2-12H,13H2,1H3,(H,25,28). The molecule has 0 atom stereocenters. The van der Waals surface area contributed by atoms with Gasteiger partial charge in [-0.2, -0.15) is 0 Å². The first-order chi connectivity index (χ1) is 14.9. The third-order valence-corrected chi connectivity index (χ3v) is 7.09. The van der Waals surface area contributed by atoms with E-state index in [0.29, 0.717) is 22.6 Å². The summed E-state index contributed by atoms with van der Waals surface area (Å²) in [6, 6.07) is 14.6. The van der Waals surface area contributed by atoms with Gasteiger partial charge < -0.3 is 9.88 Å². The van der Waals surface area contributed by atoms with E-state index in [1.165, 1.54) is 18.2 Å². The smallest absolute Gasteiger partial charge is 0.265 e. The maximum absolute atomic E-state index is 14.6. The van der Waals surface area contributed by atoms with E-state index < -0.39 is 28.3 Å². The summed E-state index contributed by atoms with van der Waals surface area (Å²) >= 11 is 0. The van der Waals surface area contributed by atoms with E-state index in [1.807, 2.05) is 12.1 Å². The minimum Gasteiger partial charge on any atom is -0.324 e. The van der Waals surface area contributed by atoms with Crippen LogP contribution in [0.1, 0.15) is 5.82 Å². The van der Waals surface area contributed by atoms with E-state index in [0.717, 1.165) is 9.69 Å². The molecule has 0 bridgehead atoms. The summed E-state index contributed by atoms with van der Waals surface area (Å²) in [7, 11) is -3.85. The van der Waals surface area contributed by atoms with Gasteiger partial charge in [-0.3, -0.25) is 9.10 Å². The van der Waals surface area contributed by atoms with Crippen molar-refractivity contribution in [1.82, 2.24) is 9.55 Å². The Labute approximate surface area is 177 Å². The van der Waals surface area contributed by atoms with Crippen LogP contribution < -0.4 is 9.62 Å². The van der Waals surface area contributed by atoms with E-state index in [-0.39, 0.29) is 10.6 Å². The Hall–Kier alpha value is -3.72. The van der Waals surface area contributed by atoms with Crippen molar-refractivity contribution in [1.29, 1.82) is 0 Å². The Morgan fingerprint density at radius 1 is 1.10 bits per heavy atom. The molecule has 0 radical (unpaired) electrons. The number of anilines is 2. The van der Waals surface area contributed by atoms with Crippen LogP contribution in [0.4, 0.5) is 15.8 Å². The van der Waals surface area contributed by atoms with Crippen LogP contribution in [-0.4, -0.2) is 30.4 Å². The molecule has 0 fully saturated rings. The SMILES string of the molecule is Cc1nccn1-c1ccc(NC(=O)CN2c3cccc4cccc(c34)S2(=O)=O)cc1F. The largest absolute Gasteiger partial charge is 0.324 e. The molecule has 1 aliphatic heterocycles. The molecule has 7 nitrogen and oxygen atoms in total. The summed E-state index contributed by atoms with van der Waals surface area (Å²) in [5, 5.41) is 3.97. The van der Waals surface area contributed by atoms with Gasteiger partial charge in [0.25, 0.3) is 10.0 Å². The van der Waals surface area contributed by atoms with Crippen LogP contribution in [0, 0.1) is 12.7 Å². The van der Waals surface area contributed by atoms with Crippen LogP contribution >= 0.6 is 0 Å². The van der Waals surface area contributed by atoms with Crippen LogP contribution in [0.3, 0.4) is 0 Å². The summed E-state index contributed by atoms with van der Waals surface area (Å²) in [5.74, 6) is -0.479. The molecule has 9 heteroatoms. The third-order valence-electron chi connectivity index (χ3n) is 5.29. The first kappa shape index (κ1) is 19.3. The zero-order valence-electron chi connectivity index (χ0n) is 16.4. The fourth-order valence-electron chi connectivity index (χ4n) is 3.87. The van der Waals surface area contributed by atoms with Gasteiger partial charge in [-0.05, 0) is 42.6 Å². The fourth-order valence-corrected chi connectivity index (χ4v) is 5.54. The maximum Gasteiger partial charge on any atom is 0.265 e. The lowest BCUT2D eigenvalue weighted by atomic mass is 10.1. The minimum atomic E-state index is -3.85. The number of aryl methyl sites for hydroxylation is 1. The molecule has 1 N–H and O–H groups in total. The molecule has 1 amide bonds. The van der Waals surface area contributed by atoms with E-state index in [9.17, 15) is 17.6 Å². The lowest BCUT2D eigenvalue weighted by Gasteiger charge is -2.18. The van der Waals surface area contributed by atoms with Crippen molar-refractivity contribution in [2.45, 2.75) is 11.8 Å². The zero-order chi connectivity index (χ0) is 21.8. The Balaban J connectivity index is 1.40. The number of halogens is 1. The van der Waals surface area contributed by atoms with Crippen molar-refractivity contribution < 1.29 is 17.6 Å². The average Bonchev–Trinajstić information content (AvgIpc) is 3.24. The molecule has 156 valence electrons. The normalized spacial score (nSPS) is 14.2. The summed E-state index contributed by atoms with van der Waals surface area (Å²) in [6.45, 7) is 1.34. The molecule has 0 saturated heterocycles. The van der Waals surface area contributed by atoms with Gasteiger partial charge in [0.15, 0.2) is 0 Å². The molecular weight excluding hydrogens is 419 g/mol. The first-order valence-electron chi connectivity index (χ1n) is 9.50. The van der Waals surface area contributed by atoms with Gasteiger partial charge in [-0.15, -0.1) is 0 Å². The predicted octanol–water partition coefficient (Wildman–Crippen LogP) is 3.62. The molecular formula is C22H17FN4O3S. The van der Waals surface area contributed by atoms with Crippen LogP contribution in [0.15, 0.2) is 71.9 Å². The van der Waals surface area contributed by atoms with Gasteiger partial charge in [0.1, 0.15) is 18.2 Å². The highest BCUT2D eigenvalue weighted by Crippen LogP contribution is 2.41. The third kappa shape index (κ3) is 3.05. The first-order valence-corrected chi connectivity index (χ1v) is 10.9. The van der Waals surface area contributed by atoms with Crippen molar-refractivity contribution in [2.75, 3.05) is 16.2 Å². The number of imidazole rings is 1. The number of rotatable bonds is 4. The molecule has 4 aromatic rings. The van der Waals surface area contributed by atoms with E-state index in [1.54, 1.807) is 48.1 Å². The highest BCUT2D eigenvalue weighted by atomic mass is 32.2. The van der Waals surface area contributed by atoms with Gasteiger partial charge in [0.2, 0.25) is 5.91 Å². The number of aromatic nitrogens is 2. The van der Waals surface area contributed by atoms with Crippen LogP contribution in [-0.2, 0) is 14.8 Å². The number of amides is 1. The number of nitrogens with zero attached hydrogens (tertiary/aromatic N) is 3. The highest BCUT2D eigenvalue weighted by molar-refractivity contribution is 7.93. The fraction of sp³-hybridized carbons (Fsp3) is 0.0909. The van der Waals surface area contributed by atoms with Crippen molar-refractivity contribution in [3.63, 3.8) is 0 Å². The summed E-state index contributed by atoms with van der Waals surface area (Å²) in [6.07, 6.45) is 3.21. The molecule has 3 aromatic carbocycles. The van der Waals surface area contributed by atoms with E-state index in [2.05, 4.69) is 10.3 Å². The molecule has 1 aliphatic rings. The molecule has 0 unspecified atom stereocenters. The van der Waals surface area contributed by atoms with Gasteiger partial charge >= 0.3 is 0 Å². The molecule has 1 aromatic heterocycles. The second-order valence-corrected chi connectivity index (χ2v) is 9.03. The molecule has 0 spiro atoms. The Kier molecular flexibility index (Phi) is 4.30. The molecule has 31 heavy (non-hydrogen) atoms. The minimum absolute atomic E-state index is 0.180. The van der Waals surface area contributed by atoms with Crippen molar-refractivity contribution in [3.05, 3.63) is 78.6 Å². The Bertz CT molecular complexity index is 1460. The quantitative estimate of drug-likeness (QED) is 0.530. The summed E-state index contributed by atoms with van der Waals surface area (Å²) < 4.78 is 43.3. The van der Waals surface area contributed by atoms with Gasteiger partial charge in [-0.25, -0.2) is 17.8 Å². The van der Waals surface area contributed by atoms with Crippen LogP contribution in [0.2, 0.25) is 0 Å². The highest BCUT2D eigenvalue weighted by Gasteiger charge is 2.36. The predicted molar refractivity (Wildman–Crippen MR) is 115 cm³/mol. The van der Waals surface area contributed by atoms with E-state index in [4.69, 9.17) is 0 Å². The monoisotopic (exact) mass is 436 g/mol. The lowest BCUT2D eigenvalue weighted by molar-refractivity contribution is -0.114. The van der Waals surface area contributed by atoms with Crippen molar-refractivity contribution in [2.24, 2.45) is 0 Å². The van der Waals surface area contributed by atoms with Gasteiger partial charge in [-0.1, -0.05) is 24.3 Å².